The number of hydrogen-bond donors (Lipinski definition) is 3. The first-order valence-electron chi connectivity index (χ1n) is 11.3. The van der Waals surface area contributed by atoms with E-state index in [9.17, 15) is 14.8 Å². The van der Waals surface area contributed by atoms with Gasteiger partial charge in [0.05, 0.1) is 5.92 Å². The van der Waals surface area contributed by atoms with Crippen LogP contribution >= 0.6 is 0 Å². The van der Waals surface area contributed by atoms with E-state index in [2.05, 4.69) is 38.2 Å². The molecule has 3 aliphatic rings. The summed E-state index contributed by atoms with van der Waals surface area (Å²) in [5.41, 5.74) is 0.834. The number of hydrogen-bond acceptors (Lipinski definition) is 4. The second-order valence-electron chi connectivity index (χ2n) is 11.0. The zero-order valence-corrected chi connectivity index (χ0v) is 18.4. The van der Waals surface area contributed by atoms with Crippen molar-refractivity contribution in [3.63, 3.8) is 0 Å². The van der Waals surface area contributed by atoms with Crippen LogP contribution in [-0.2, 0) is 9.59 Å². The van der Waals surface area contributed by atoms with E-state index in [0.717, 1.165) is 19.3 Å². The van der Waals surface area contributed by atoms with E-state index in [1.807, 2.05) is 0 Å². The Labute approximate surface area is 174 Å². The maximum Gasteiger partial charge on any atom is 0.306 e. The maximum atomic E-state index is 12.9. The normalized spacial score (nSPS) is 36.7. The second-order valence-corrected chi connectivity index (χ2v) is 11.0. The Bertz CT molecular complexity index is 662. The summed E-state index contributed by atoms with van der Waals surface area (Å²) < 4.78 is 0. The number of fused-ring (bicyclic) bond motifs is 1. The first kappa shape index (κ1) is 22.1. The Morgan fingerprint density at radius 1 is 0.862 bits per heavy atom. The van der Waals surface area contributed by atoms with Gasteiger partial charge in [0.2, 0.25) is 0 Å². The third-order valence-electron chi connectivity index (χ3n) is 8.41. The van der Waals surface area contributed by atoms with Crippen LogP contribution in [0.15, 0.2) is 5.16 Å². The molecule has 0 aromatic heterocycles. The van der Waals surface area contributed by atoms with Gasteiger partial charge in [0.1, 0.15) is 5.71 Å². The fourth-order valence-corrected chi connectivity index (χ4v) is 6.29. The van der Waals surface area contributed by atoms with E-state index in [0.29, 0.717) is 42.9 Å². The van der Waals surface area contributed by atoms with Crippen LogP contribution in [0.4, 0.5) is 0 Å². The van der Waals surface area contributed by atoms with E-state index < -0.39 is 5.97 Å². The lowest BCUT2D eigenvalue weighted by molar-refractivity contribution is -0.142. The van der Waals surface area contributed by atoms with Crippen LogP contribution in [0.1, 0.15) is 85.5 Å². The van der Waals surface area contributed by atoms with Gasteiger partial charge in [0.25, 0.3) is 5.91 Å². The van der Waals surface area contributed by atoms with Gasteiger partial charge in [0, 0.05) is 12.0 Å². The zero-order chi connectivity index (χ0) is 21.4. The van der Waals surface area contributed by atoms with Crippen LogP contribution < -0.4 is 5.32 Å². The maximum absolute atomic E-state index is 12.9. The van der Waals surface area contributed by atoms with Crippen molar-refractivity contribution in [1.82, 2.24) is 5.32 Å². The van der Waals surface area contributed by atoms with Crippen LogP contribution in [0.3, 0.4) is 0 Å². The molecule has 0 radical (unpaired) electrons. The fraction of sp³-hybridized carbons (Fsp3) is 0.870. The van der Waals surface area contributed by atoms with Crippen LogP contribution in [0.25, 0.3) is 0 Å². The van der Waals surface area contributed by atoms with Gasteiger partial charge in [-0.15, -0.1) is 0 Å². The lowest BCUT2D eigenvalue weighted by Crippen LogP contribution is -2.50. The minimum Gasteiger partial charge on any atom is -0.481 e. The molecule has 0 bridgehead atoms. The third-order valence-corrected chi connectivity index (χ3v) is 8.41. The molecule has 3 rings (SSSR count). The average molecular weight is 407 g/mol. The van der Waals surface area contributed by atoms with Crippen LogP contribution in [0, 0.1) is 34.5 Å². The summed E-state index contributed by atoms with van der Waals surface area (Å²) in [6, 6.07) is -0.0313. The summed E-state index contributed by atoms with van der Waals surface area (Å²) in [4.78, 5) is 24.0. The molecule has 6 nitrogen and oxygen atoms in total. The number of nitrogens with zero attached hydrogens (tertiary/aromatic N) is 1. The molecule has 29 heavy (non-hydrogen) atoms. The number of oxime groups is 1. The molecule has 3 unspecified atom stereocenters. The molecule has 1 amide bonds. The highest BCUT2D eigenvalue weighted by molar-refractivity contribution is 6.39. The Kier molecular flexibility index (Phi) is 6.30. The van der Waals surface area contributed by atoms with Crippen molar-refractivity contribution in [1.29, 1.82) is 0 Å². The molecule has 0 aliphatic heterocycles. The Morgan fingerprint density at radius 2 is 1.41 bits per heavy atom. The molecule has 3 fully saturated rings. The van der Waals surface area contributed by atoms with E-state index in [-0.39, 0.29) is 34.9 Å². The molecule has 0 spiro atoms. The second kappa shape index (κ2) is 8.27. The molecule has 0 heterocycles. The van der Waals surface area contributed by atoms with Gasteiger partial charge >= 0.3 is 5.97 Å². The van der Waals surface area contributed by atoms with Crippen LogP contribution in [-0.4, -0.2) is 33.9 Å². The van der Waals surface area contributed by atoms with Crippen molar-refractivity contribution < 1.29 is 19.9 Å². The summed E-state index contributed by atoms with van der Waals surface area (Å²) in [6.45, 7) is 9.45. The number of carboxylic acid groups (broad SMARTS) is 1. The molecule has 164 valence electrons. The minimum atomic E-state index is -0.748. The molecule has 0 aromatic rings. The first-order chi connectivity index (χ1) is 13.5. The fourth-order valence-electron chi connectivity index (χ4n) is 6.29. The van der Waals surface area contributed by atoms with Crippen molar-refractivity contribution in [2.24, 2.45) is 39.7 Å². The predicted octanol–water partition coefficient (Wildman–Crippen LogP) is 4.45. The Hall–Kier alpha value is -1.59. The molecular weight excluding hydrogens is 368 g/mol. The van der Waals surface area contributed by atoms with Crippen LogP contribution in [0.2, 0.25) is 0 Å². The molecule has 0 aromatic carbocycles. The zero-order valence-electron chi connectivity index (χ0n) is 18.4. The highest BCUT2D eigenvalue weighted by atomic mass is 16.4. The molecule has 3 saturated carbocycles. The number of rotatable bonds is 4. The van der Waals surface area contributed by atoms with Gasteiger partial charge in [-0.05, 0) is 80.5 Å². The van der Waals surface area contributed by atoms with Gasteiger partial charge in [-0.2, -0.15) is 0 Å². The summed E-state index contributed by atoms with van der Waals surface area (Å²) >= 11 is 0. The Balaban J connectivity index is 1.63. The topological polar surface area (TPSA) is 99.0 Å². The van der Waals surface area contributed by atoms with Crippen molar-refractivity contribution in [2.75, 3.05) is 0 Å². The number of carboxylic acids is 1. The monoisotopic (exact) mass is 406 g/mol. The van der Waals surface area contributed by atoms with Gasteiger partial charge in [-0.25, -0.2) is 0 Å². The van der Waals surface area contributed by atoms with Gasteiger partial charge < -0.3 is 15.6 Å². The average Bonchev–Trinajstić information content (AvgIpc) is 2.66. The molecular formula is C23H38N2O4. The van der Waals surface area contributed by atoms with Crippen molar-refractivity contribution >= 4 is 17.6 Å². The van der Waals surface area contributed by atoms with E-state index in [1.165, 1.54) is 12.8 Å². The number of nitrogens with one attached hydrogen (secondary N) is 1. The highest BCUT2D eigenvalue weighted by Gasteiger charge is 2.50. The quantitative estimate of drug-likeness (QED) is 0.365. The van der Waals surface area contributed by atoms with Gasteiger partial charge in [-0.3, -0.25) is 9.59 Å². The number of amides is 1. The standard InChI is InChI=1S/C23H38N2O4/c1-22(2)11-12-23(3,4)18-13-15(7-10-17(18)22)19(25-29)20(26)24-16-8-5-14(6-9-16)21(27)28/h14-18,29H,5-13H2,1-4H3,(H,24,26)(H,27,28)/b25-19-. The summed E-state index contributed by atoms with van der Waals surface area (Å²) in [7, 11) is 0. The molecule has 3 aliphatic carbocycles. The molecule has 3 N–H and O–H groups in total. The number of carbonyl (C=O) groups excluding carboxylic acids is 1. The summed E-state index contributed by atoms with van der Waals surface area (Å²) in [6.07, 6.45) is 7.80. The first-order valence-corrected chi connectivity index (χ1v) is 11.3. The SMILES string of the molecule is CC1(C)CCC(C)(C)C2CC(/C(=N/O)C(=O)NC3CCC(C(=O)O)CC3)CCC21. The summed E-state index contributed by atoms with van der Waals surface area (Å²) in [5.74, 6) is -0.159. The molecule has 6 heteroatoms. The van der Waals surface area contributed by atoms with Gasteiger partial charge in [0.15, 0.2) is 0 Å². The van der Waals surface area contributed by atoms with Gasteiger partial charge in [-0.1, -0.05) is 32.9 Å². The number of carbonyl (C=O) groups is 2. The lowest BCUT2D eigenvalue weighted by Gasteiger charge is -2.56. The van der Waals surface area contributed by atoms with E-state index in [4.69, 9.17) is 5.11 Å². The lowest BCUT2D eigenvalue weighted by atomic mass is 9.49. The summed E-state index contributed by atoms with van der Waals surface area (Å²) in [5, 5.41) is 25.3. The van der Waals surface area contributed by atoms with Crippen molar-refractivity contribution in [3.8, 4) is 0 Å². The van der Waals surface area contributed by atoms with Crippen molar-refractivity contribution in [3.05, 3.63) is 0 Å². The smallest absolute Gasteiger partial charge is 0.306 e. The van der Waals surface area contributed by atoms with Crippen LogP contribution in [0.5, 0.6) is 0 Å². The largest absolute Gasteiger partial charge is 0.481 e. The Morgan fingerprint density at radius 3 is 1.97 bits per heavy atom. The highest BCUT2D eigenvalue weighted by Crippen LogP contribution is 2.58. The predicted molar refractivity (Wildman–Crippen MR) is 112 cm³/mol. The minimum absolute atomic E-state index is 0.00946. The van der Waals surface area contributed by atoms with E-state index in [1.54, 1.807) is 0 Å². The van der Waals surface area contributed by atoms with E-state index >= 15 is 0 Å². The molecule has 0 saturated heterocycles. The number of aliphatic carboxylic acids is 1. The molecule has 3 atom stereocenters. The third kappa shape index (κ3) is 4.61. The van der Waals surface area contributed by atoms with Crippen molar-refractivity contribution in [2.45, 2.75) is 91.5 Å².